The zero-order valence-electron chi connectivity index (χ0n) is 12.8. The molecule has 0 aliphatic heterocycles. The predicted octanol–water partition coefficient (Wildman–Crippen LogP) is -0.0893. The molecular formula is C12H27IN4O3. The van der Waals surface area contributed by atoms with Gasteiger partial charge >= 0.3 is 0 Å². The van der Waals surface area contributed by atoms with Crippen molar-refractivity contribution in [2.45, 2.75) is 6.92 Å². The van der Waals surface area contributed by atoms with Crippen molar-refractivity contribution in [1.29, 1.82) is 0 Å². The number of guanidine groups is 1. The Morgan fingerprint density at radius 3 is 2.45 bits per heavy atom. The Bertz CT molecular complexity index is 275. The van der Waals surface area contributed by atoms with Crippen LogP contribution in [0.15, 0.2) is 4.99 Å². The van der Waals surface area contributed by atoms with Crippen LogP contribution in [0, 0.1) is 0 Å². The Hall–Kier alpha value is -0.610. The van der Waals surface area contributed by atoms with Crippen LogP contribution < -0.4 is 10.6 Å². The number of hydrogen-bond donors (Lipinski definition) is 2. The van der Waals surface area contributed by atoms with Gasteiger partial charge in [0, 0.05) is 34.3 Å². The summed E-state index contributed by atoms with van der Waals surface area (Å²) in [7, 11) is 5.06. The first-order valence-electron chi connectivity index (χ1n) is 6.40. The van der Waals surface area contributed by atoms with Gasteiger partial charge in [-0.15, -0.1) is 24.0 Å². The van der Waals surface area contributed by atoms with E-state index in [9.17, 15) is 4.79 Å². The van der Waals surface area contributed by atoms with Crippen molar-refractivity contribution in [2.75, 3.05) is 60.7 Å². The van der Waals surface area contributed by atoms with Gasteiger partial charge in [0.15, 0.2) is 5.96 Å². The van der Waals surface area contributed by atoms with E-state index < -0.39 is 0 Å². The average Bonchev–Trinajstić information content (AvgIpc) is 2.39. The molecule has 0 aromatic carbocycles. The second kappa shape index (κ2) is 14.8. The number of hydrogen-bond acceptors (Lipinski definition) is 4. The van der Waals surface area contributed by atoms with Crippen molar-refractivity contribution in [3.63, 3.8) is 0 Å². The summed E-state index contributed by atoms with van der Waals surface area (Å²) in [6, 6.07) is 0. The number of halogens is 1. The molecule has 1 amide bonds. The quantitative estimate of drug-likeness (QED) is 0.244. The highest BCUT2D eigenvalue weighted by molar-refractivity contribution is 14.0. The van der Waals surface area contributed by atoms with Crippen molar-refractivity contribution >= 4 is 35.8 Å². The number of carbonyl (C=O) groups is 1. The molecular weight excluding hydrogens is 375 g/mol. The molecule has 0 radical (unpaired) electrons. The Balaban J connectivity index is 0. The lowest BCUT2D eigenvalue weighted by Crippen LogP contribution is -2.40. The first kappa shape index (κ1) is 21.7. The Morgan fingerprint density at radius 1 is 1.20 bits per heavy atom. The number of ether oxygens (including phenoxy) is 2. The highest BCUT2D eigenvalue weighted by Gasteiger charge is 2.03. The molecule has 0 bridgehead atoms. The van der Waals surface area contributed by atoms with E-state index >= 15 is 0 Å². The first-order valence-corrected chi connectivity index (χ1v) is 6.40. The lowest BCUT2D eigenvalue weighted by Gasteiger charge is -2.12. The third-order valence-corrected chi connectivity index (χ3v) is 2.19. The molecule has 0 spiro atoms. The summed E-state index contributed by atoms with van der Waals surface area (Å²) in [5.41, 5.74) is 0. The van der Waals surface area contributed by atoms with Crippen LogP contribution in [0.25, 0.3) is 0 Å². The molecule has 2 N–H and O–H groups in total. The third kappa shape index (κ3) is 12.4. The summed E-state index contributed by atoms with van der Waals surface area (Å²) in [4.78, 5) is 17.1. The van der Waals surface area contributed by atoms with Crippen molar-refractivity contribution in [1.82, 2.24) is 15.5 Å². The summed E-state index contributed by atoms with van der Waals surface area (Å²) in [6.45, 7) is 5.21. The normalized spacial score (nSPS) is 10.7. The number of likely N-dealkylation sites (N-methyl/N-ethyl adjacent to an activating group) is 1. The topological polar surface area (TPSA) is 75.2 Å². The maximum absolute atomic E-state index is 11.4. The van der Waals surface area contributed by atoms with Gasteiger partial charge in [-0.1, -0.05) is 0 Å². The van der Waals surface area contributed by atoms with Crippen LogP contribution in [0.2, 0.25) is 0 Å². The fourth-order valence-electron chi connectivity index (χ4n) is 1.12. The lowest BCUT2D eigenvalue weighted by molar-refractivity contribution is -0.127. The minimum atomic E-state index is -0.0338. The SMILES string of the molecule is CCNC(=NCC(=O)N(C)C)NCCOCCOC.I. The van der Waals surface area contributed by atoms with Crippen LogP contribution in [0.3, 0.4) is 0 Å². The van der Waals surface area contributed by atoms with Crippen LogP contribution in [0.5, 0.6) is 0 Å². The fraction of sp³-hybridized carbons (Fsp3) is 0.833. The van der Waals surface area contributed by atoms with E-state index in [1.807, 2.05) is 6.92 Å². The summed E-state index contributed by atoms with van der Waals surface area (Å²) in [6.07, 6.45) is 0. The van der Waals surface area contributed by atoms with Crippen molar-refractivity contribution < 1.29 is 14.3 Å². The molecule has 20 heavy (non-hydrogen) atoms. The summed E-state index contributed by atoms with van der Waals surface area (Å²) < 4.78 is 10.2. The monoisotopic (exact) mass is 402 g/mol. The molecule has 0 unspecified atom stereocenters. The van der Waals surface area contributed by atoms with E-state index in [1.165, 1.54) is 4.90 Å². The van der Waals surface area contributed by atoms with Gasteiger partial charge in [0.25, 0.3) is 0 Å². The molecule has 0 aromatic heterocycles. The fourth-order valence-corrected chi connectivity index (χ4v) is 1.12. The van der Waals surface area contributed by atoms with Crippen LogP contribution in [0.4, 0.5) is 0 Å². The Morgan fingerprint density at radius 2 is 1.90 bits per heavy atom. The number of amides is 1. The number of carbonyl (C=O) groups excluding carboxylic acids is 1. The summed E-state index contributed by atoms with van der Waals surface area (Å²) >= 11 is 0. The standard InChI is InChI=1S/C12H26N4O3.HI/c1-5-13-12(15-10-11(17)16(2)3)14-6-7-19-9-8-18-4;/h5-10H2,1-4H3,(H2,13,14,15);1H. The van der Waals surface area contributed by atoms with Crippen LogP contribution in [0.1, 0.15) is 6.92 Å². The predicted molar refractivity (Wildman–Crippen MR) is 90.8 cm³/mol. The molecule has 0 aliphatic rings. The molecule has 120 valence electrons. The molecule has 0 saturated carbocycles. The van der Waals surface area contributed by atoms with Crippen LogP contribution in [-0.2, 0) is 14.3 Å². The lowest BCUT2D eigenvalue weighted by atomic mass is 10.5. The maximum atomic E-state index is 11.4. The molecule has 0 heterocycles. The van der Waals surface area contributed by atoms with E-state index in [0.717, 1.165) is 6.54 Å². The third-order valence-electron chi connectivity index (χ3n) is 2.19. The second-order valence-electron chi connectivity index (χ2n) is 4.02. The van der Waals surface area contributed by atoms with E-state index in [-0.39, 0.29) is 36.4 Å². The number of aliphatic imine (C=N–C) groups is 1. The Kier molecular flexibility index (Phi) is 16.0. The van der Waals surface area contributed by atoms with Crippen molar-refractivity contribution in [2.24, 2.45) is 4.99 Å². The van der Waals surface area contributed by atoms with Crippen LogP contribution in [-0.4, -0.2) is 77.4 Å². The largest absolute Gasteiger partial charge is 0.382 e. The molecule has 0 fully saturated rings. The molecule has 0 saturated heterocycles. The Labute approximate surface area is 138 Å². The minimum absolute atomic E-state index is 0. The van der Waals surface area contributed by atoms with Gasteiger partial charge in [-0.3, -0.25) is 4.79 Å². The number of nitrogens with one attached hydrogen (secondary N) is 2. The maximum Gasteiger partial charge on any atom is 0.243 e. The van der Waals surface area contributed by atoms with E-state index in [2.05, 4.69) is 15.6 Å². The van der Waals surface area contributed by atoms with Gasteiger partial charge in [0.1, 0.15) is 6.54 Å². The highest BCUT2D eigenvalue weighted by atomic mass is 127. The molecule has 0 aromatic rings. The molecule has 0 aliphatic carbocycles. The van der Waals surface area contributed by atoms with Gasteiger partial charge in [0.05, 0.1) is 19.8 Å². The smallest absolute Gasteiger partial charge is 0.243 e. The second-order valence-corrected chi connectivity index (χ2v) is 4.02. The summed E-state index contributed by atoms with van der Waals surface area (Å²) in [5, 5.41) is 6.16. The number of nitrogens with zero attached hydrogens (tertiary/aromatic N) is 2. The van der Waals surface area contributed by atoms with Gasteiger partial charge in [0.2, 0.25) is 5.91 Å². The van der Waals surface area contributed by atoms with Crippen LogP contribution >= 0.6 is 24.0 Å². The molecule has 7 nitrogen and oxygen atoms in total. The van der Waals surface area contributed by atoms with E-state index in [1.54, 1.807) is 21.2 Å². The zero-order chi connectivity index (χ0) is 14.5. The molecule has 0 rings (SSSR count). The van der Waals surface area contributed by atoms with Crippen molar-refractivity contribution in [3.05, 3.63) is 0 Å². The van der Waals surface area contributed by atoms with Gasteiger partial charge < -0.3 is 25.0 Å². The van der Waals surface area contributed by atoms with E-state index in [4.69, 9.17) is 9.47 Å². The number of rotatable bonds is 9. The average molecular weight is 402 g/mol. The van der Waals surface area contributed by atoms with E-state index in [0.29, 0.717) is 32.3 Å². The minimum Gasteiger partial charge on any atom is -0.382 e. The zero-order valence-corrected chi connectivity index (χ0v) is 15.1. The van der Waals surface area contributed by atoms with Gasteiger partial charge in [-0.25, -0.2) is 4.99 Å². The molecule has 0 atom stereocenters. The molecule has 8 heteroatoms. The van der Waals surface area contributed by atoms with Crippen molar-refractivity contribution in [3.8, 4) is 0 Å². The highest BCUT2D eigenvalue weighted by Crippen LogP contribution is 1.82. The van der Waals surface area contributed by atoms with Gasteiger partial charge in [-0.05, 0) is 6.92 Å². The first-order chi connectivity index (χ1) is 9.11. The number of methoxy groups -OCH3 is 1. The van der Waals surface area contributed by atoms with Gasteiger partial charge in [-0.2, -0.15) is 0 Å². The summed E-state index contributed by atoms with van der Waals surface area (Å²) in [5.74, 6) is 0.585.